The number of hydrogen-bond donors (Lipinski definition) is 1. The zero-order chi connectivity index (χ0) is 13.7. The van der Waals surface area contributed by atoms with Crippen molar-refractivity contribution in [2.75, 3.05) is 6.61 Å². The first-order chi connectivity index (χ1) is 9.22. The second-order valence-corrected chi connectivity index (χ2v) is 5.46. The summed E-state index contributed by atoms with van der Waals surface area (Å²) in [6, 6.07) is 5.51. The van der Waals surface area contributed by atoms with E-state index in [1.165, 1.54) is 0 Å². The molecule has 4 nitrogen and oxygen atoms in total. The lowest BCUT2D eigenvalue weighted by atomic mass is 10.2. The summed E-state index contributed by atoms with van der Waals surface area (Å²) >= 11 is 3.37. The van der Waals surface area contributed by atoms with Crippen molar-refractivity contribution >= 4 is 26.8 Å². The van der Waals surface area contributed by atoms with E-state index in [0.717, 1.165) is 35.7 Å². The van der Waals surface area contributed by atoms with Crippen LogP contribution in [0.1, 0.15) is 25.7 Å². The molecule has 102 valence electrons. The molecule has 0 saturated carbocycles. The van der Waals surface area contributed by atoms with Crippen molar-refractivity contribution < 1.29 is 5.11 Å². The molecule has 0 unspecified atom stereocenters. The molecule has 2 aromatic rings. The summed E-state index contributed by atoms with van der Waals surface area (Å²) in [6.45, 7) is 0.926. The first-order valence-corrected chi connectivity index (χ1v) is 7.27. The molecule has 19 heavy (non-hydrogen) atoms. The standard InChI is InChI=1S/C14H17BrN2O2/c15-11-5-6-12-13(9-11)16-10-17(14(12)19)7-3-1-2-4-8-18/h5-6,9-10,18H,1-4,7-8H2. The van der Waals surface area contributed by atoms with Crippen LogP contribution in [0.4, 0.5) is 0 Å². The lowest BCUT2D eigenvalue weighted by Gasteiger charge is -2.06. The first-order valence-electron chi connectivity index (χ1n) is 6.48. The van der Waals surface area contributed by atoms with Crippen LogP contribution in [0.3, 0.4) is 0 Å². The van der Waals surface area contributed by atoms with Crippen LogP contribution in [0.15, 0.2) is 33.8 Å². The number of hydrogen-bond acceptors (Lipinski definition) is 3. The van der Waals surface area contributed by atoms with Crippen LogP contribution >= 0.6 is 15.9 Å². The Morgan fingerprint density at radius 2 is 2.00 bits per heavy atom. The Labute approximate surface area is 120 Å². The third-order valence-corrected chi connectivity index (χ3v) is 3.59. The third-order valence-electron chi connectivity index (χ3n) is 3.09. The molecule has 0 saturated heterocycles. The second-order valence-electron chi connectivity index (χ2n) is 4.54. The van der Waals surface area contributed by atoms with Gasteiger partial charge in [0.05, 0.1) is 17.2 Å². The van der Waals surface area contributed by atoms with Crippen molar-refractivity contribution in [3.63, 3.8) is 0 Å². The van der Waals surface area contributed by atoms with Crippen molar-refractivity contribution in [1.29, 1.82) is 0 Å². The highest BCUT2D eigenvalue weighted by Gasteiger charge is 2.04. The number of rotatable bonds is 6. The highest BCUT2D eigenvalue weighted by molar-refractivity contribution is 9.10. The van der Waals surface area contributed by atoms with Gasteiger partial charge < -0.3 is 5.11 Å². The Kier molecular flexibility index (Phi) is 5.10. The maximum absolute atomic E-state index is 12.2. The number of unbranched alkanes of at least 4 members (excludes halogenated alkanes) is 3. The summed E-state index contributed by atoms with van der Waals surface area (Å²) in [4.78, 5) is 16.5. The molecule has 0 fully saturated rings. The van der Waals surface area contributed by atoms with Crippen LogP contribution in [-0.4, -0.2) is 21.3 Å². The van der Waals surface area contributed by atoms with E-state index >= 15 is 0 Å². The molecule has 0 atom stereocenters. The van der Waals surface area contributed by atoms with E-state index in [1.807, 2.05) is 12.1 Å². The van der Waals surface area contributed by atoms with E-state index in [9.17, 15) is 4.79 Å². The van der Waals surface area contributed by atoms with Crippen LogP contribution < -0.4 is 5.56 Å². The number of aliphatic hydroxyl groups is 1. The van der Waals surface area contributed by atoms with Gasteiger partial charge in [-0.3, -0.25) is 9.36 Å². The number of halogens is 1. The Balaban J connectivity index is 2.10. The fraction of sp³-hybridized carbons (Fsp3) is 0.429. The number of fused-ring (bicyclic) bond motifs is 1. The van der Waals surface area contributed by atoms with Gasteiger partial charge in [-0.25, -0.2) is 4.98 Å². The van der Waals surface area contributed by atoms with Crippen LogP contribution in [0, 0.1) is 0 Å². The van der Waals surface area contributed by atoms with Gasteiger partial charge in [0.2, 0.25) is 0 Å². The predicted molar refractivity (Wildman–Crippen MR) is 79.3 cm³/mol. The van der Waals surface area contributed by atoms with E-state index in [1.54, 1.807) is 17.0 Å². The number of benzene rings is 1. The Morgan fingerprint density at radius 3 is 2.79 bits per heavy atom. The molecule has 0 bridgehead atoms. The van der Waals surface area contributed by atoms with Crippen LogP contribution in [0.25, 0.3) is 10.9 Å². The summed E-state index contributed by atoms with van der Waals surface area (Å²) in [5, 5.41) is 9.35. The topological polar surface area (TPSA) is 55.1 Å². The Bertz CT molecular complexity index is 610. The van der Waals surface area contributed by atoms with Crippen molar-refractivity contribution in [3.05, 3.63) is 39.4 Å². The van der Waals surface area contributed by atoms with E-state index in [0.29, 0.717) is 11.9 Å². The van der Waals surface area contributed by atoms with Crippen molar-refractivity contribution in [3.8, 4) is 0 Å². The lowest BCUT2D eigenvalue weighted by Crippen LogP contribution is -2.20. The molecule has 0 aliphatic heterocycles. The molecule has 1 heterocycles. The average Bonchev–Trinajstić information content (AvgIpc) is 2.41. The van der Waals surface area contributed by atoms with E-state index in [-0.39, 0.29) is 12.2 Å². The van der Waals surface area contributed by atoms with Crippen molar-refractivity contribution in [2.24, 2.45) is 0 Å². The highest BCUT2D eigenvalue weighted by Crippen LogP contribution is 2.15. The number of aryl methyl sites for hydroxylation is 1. The van der Waals surface area contributed by atoms with Crippen molar-refractivity contribution in [1.82, 2.24) is 9.55 Å². The zero-order valence-corrected chi connectivity index (χ0v) is 12.3. The maximum Gasteiger partial charge on any atom is 0.261 e. The molecule has 2 rings (SSSR count). The largest absolute Gasteiger partial charge is 0.396 e. The van der Waals surface area contributed by atoms with Crippen LogP contribution in [0.5, 0.6) is 0 Å². The second kappa shape index (κ2) is 6.82. The van der Waals surface area contributed by atoms with E-state index < -0.39 is 0 Å². The molecule has 5 heteroatoms. The van der Waals surface area contributed by atoms with Gasteiger partial charge in [-0.05, 0) is 31.0 Å². The normalized spacial score (nSPS) is 11.1. The molecule has 0 aliphatic rings. The summed E-state index contributed by atoms with van der Waals surface area (Å²) in [5.41, 5.74) is 0.732. The predicted octanol–water partition coefficient (Wildman–Crippen LogP) is 2.71. The quantitative estimate of drug-likeness (QED) is 0.831. The van der Waals surface area contributed by atoms with Gasteiger partial charge in [-0.2, -0.15) is 0 Å². The first kappa shape index (κ1) is 14.2. The number of aromatic nitrogens is 2. The van der Waals surface area contributed by atoms with Gasteiger partial charge in [0.1, 0.15) is 0 Å². The molecule has 1 aromatic heterocycles. The molecule has 0 amide bonds. The molecule has 1 N–H and O–H groups in total. The molecule has 0 radical (unpaired) electrons. The van der Waals surface area contributed by atoms with Crippen molar-refractivity contribution in [2.45, 2.75) is 32.2 Å². The zero-order valence-electron chi connectivity index (χ0n) is 10.7. The minimum atomic E-state index is 0.0136. The fourth-order valence-electron chi connectivity index (χ4n) is 2.04. The summed E-state index contributed by atoms with van der Waals surface area (Å²) in [6.07, 6.45) is 5.40. The van der Waals surface area contributed by atoms with Gasteiger partial charge in [0, 0.05) is 17.6 Å². The lowest BCUT2D eigenvalue weighted by molar-refractivity contribution is 0.282. The monoisotopic (exact) mass is 324 g/mol. The number of nitrogens with zero attached hydrogens (tertiary/aromatic N) is 2. The van der Waals surface area contributed by atoms with Gasteiger partial charge in [0.25, 0.3) is 5.56 Å². The van der Waals surface area contributed by atoms with E-state index in [4.69, 9.17) is 5.11 Å². The maximum atomic E-state index is 12.2. The Morgan fingerprint density at radius 1 is 1.21 bits per heavy atom. The third kappa shape index (κ3) is 3.64. The molecule has 0 spiro atoms. The summed E-state index contributed by atoms with van der Waals surface area (Å²) in [7, 11) is 0. The smallest absolute Gasteiger partial charge is 0.261 e. The summed E-state index contributed by atoms with van der Waals surface area (Å²) in [5.74, 6) is 0. The van der Waals surface area contributed by atoms with E-state index in [2.05, 4.69) is 20.9 Å². The van der Waals surface area contributed by atoms with Gasteiger partial charge in [0.15, 0.2) is 0 Å². The molecular formula is C14H17BrN2O2. The average molecular weight is 325 g/mol. The SMILES string of the molecule is O=c1c2ccc(Br)cc2ncn1CCCCCCO. The highest BCUT2D eigenvalue weighted by atomic mass is 79.9. The van der Waals surface area contributed by atoms with Gasteiger partial charge >= 0.3 is 0 Å². The minimum absolute atomic E-state index is 0.0136. The molecule has 0 aliphatic carbocycles. The van der Waals surface area contributed by atoms with Gasteiger partial charge in [-0.15, -0.1) is 0 Å². The van der Waals surface area contributed by atoms with Gasteiger partial charge in [-0.1, -0.05) is 28.8 Å². The fourth-order valence-corrected chi connectivity index (χ4v) is 2.39. The molecular weight excluding hydrogens is 308 g/mol. The minimum Gasteiger partial charge on any atom is -0.396 e. The Hall–Kier alpha value is -1.20. The summed E-state index contributed by atoms with van der Waals surface area (Å²) < 4.78 is 2.59. The van der Waals surface area contributed by atoms with Crippen LogP contribution in [0.2, 0.25) is 0 Å². The van der Waals surface area contributed by atoms with Crippen LogP contribution in [-0.2, 0) is 6.54 Å². The number of aliphatic hydroxyl groups excluding tert-OH is 1. The molecule has 1 aromatic carbocycles.